The summed E-state index contributed by atoms with van der Waals surface area (Å²) in [5, 5.41) is 4.18. The van der Waals surface area contributed by atoms with Crippen molar-refractivity contribution in [2.45, 2.75) is 37.5 Å². The predicted molar refractivity (Wildman–Crippen MR) is 112 cm³/mol. The van der Waals surface area contributed by atoms with Crippen molar-refractivity contribution in [1.82, 2.24) is 15.2 Å². The SMILES string of the molecule is O=C(NCC1CCCO1)[C@@H]1Cc2c([nH]c3ccccc23)C2c3ccccc3C(=O)N21. The summed E-state index contributed by atoms with van der Waals surface area (Å²) in [6.07, 6.45) is 2.58. The lowest BCUT2D eigenvalue weighted by molar-refractivity contribution is -0.126. The van der Waals surface area contributed by atoms with Crippen molar-refractivity contribution >= 4 is 22.7 Å². The van der Waals surface area contributed by atoms with Crippen LogP contribution >= 0.6 is 0 Å². The summed E-state index contributed by atoms with van der Waals surface area (Å²) in [5.41, 5.74) is 4.85. The maximum Gasteiger partial charge on any atom is 0.255 e. The van der Waals surface area contributed by atoms with Crippen LogP contribution < -0.4 is 5.32 Å². The Hall–Kier alpha value is -3.12. The third kappa shape index (κ3) is 2.53. The van der Waals surface area contributed by atoms with Crippen LogP contribution in [0.2, 0.25) is 0 Å². The number of hydrogen-bond donors (Lipinski definition) is 2. The largest absolute Gasteiger partial charge is 0.376 e. The molecule has 1 aromatic heterocycles. The maximum absolute atomic E-state index is 13.3. The summed E-state index contributed by atoms with van der Waals surface area (Å²) in [6, 6.07) is 15.1. The lowest BCUT2D eigenvalue weighted by Gasteiger charge is -2.37. The Bertz CT molecular complexity index is 1160. The van der Waals surface area contributed by atoms with Gasteiger partial charge in [-0.15, -0.1) is 0 Å². The summed E-state index contributed by atoms with van der Waals surface area (Å²) in [6.45, 7) is 1.25. The summed E-state index contributed by atoms with van der Waals surface area (Å²) in [5.74, 6) is -0.176. The van der Waals surface area contributed by atoms with Crippen molar-refractivity contribution in [2.24, 2.45) is 0 Å². The van der Waals surface area contributed by atoms with E-state index in [1.165, 1.54) is 0 Å². The van der Waals surface area contributed by atoms with Crippen molar-refractivity contribution in [1.29, 1.82) is 0 Å². The standard InChI is InChI=1S/C24H23N3O3/c28-23(25-13-14-6-5-11-30-14)20-12-18-15-7-3-4-10-19(15)26-21(18)22-16-8-1-2-9-17(16)24(29)27(20)22/h1-4,7-10,14,20,22,26H,5-6,11-13H2,(H,25,28)/t14?,20-,22?/m0/s1. The molecule has 6 heteroatoms. The molecule has 2 aromatic carbocycles. The van der Waals surface area contributed by atoms with E-state index in [9.17, 15) is 9.59 Å². The van der Waals surface area contributed by atoms with Crippen molar-refractivity contribution in [2.75, 3.05) is 13.2 Å². The summed E-state index contributed by atoms with van der Waals surface area (Å²) >= 11 is 0. The second kappa shape index (κ2) is 6.71. The first-order valence-corrected chi connectivity index (χ1v) is 10.6. The van der Waals surface area contributed by atoms with Crippen LogP contribution in [0.3, 0.4) is 0 Å². The van der Waals surface area contributed by atoms with E-state index in [0.717, 1.165) is 47.2 Å². The number of nitrogens with zero attached hydrogens (tertiary/aromatic N) is 1. The van der Waals surface area contributed by atoms with Gasteiger partial charge in [0.2, 0.25) is 5.91 Å². The number of fused-ring (bicyclic) bond motifs is 7. The smallest absolute Gasteiger partial charge is 0.255 e. The number of nitrogens with one attached hydrogen (secondary N) is 2. The fraction of sp³-hybridized carbons (Fsp3) is 0.333. The average Bonchev–Trinajstić information content (AvgIpc) is 3.49. The minimum atomic E-state index is -0.539. The topological polar surface area (TPSA) is 74.4 Å². The van der Waals surface area contributed by atoms with Crippen LogP contribution in [0.4, 0.5) is 0 Å². The molecule has 3 aliphatic rings. The number of benzene rings is 2. The first-order chi connectivity index (χ1) is 14.7. The van der Waals surface area contributed by atoms with E-state index < -0.39 is 6.04 Å². The minimum absolute atomic E-state index is 0.0721. The number of rotatable bonds is 3. The number of ether oxygens (including phenoxy) is 1. The fourth-order valence-electron chi connectivity index (χ4n) is 5.27. The normalized spacial score (nSPS) is 24.6. The van der Waals surface area contributed by atoms with Gasteiger partial charge in [-0.3, -0.25) is 9.59 Å². The number of aromatic nitrogens is 1. The highest BCUT2D eigenvalue weighted by molar-refractivity contribution is 6.03. The Balaban J connectivity index is 1.43. The van der Waals surface area contributed by atoms with Crippen molar-refractivity contribution in [3.8, 4) is 0 Å². The van der Waals surface area contributed by atoms with Crippen molar-refractivity contribution in [3.63, 3.8) is 0 Å². The van der Waals surface area contributed by atoms with Crippen LogP contribution in [0.1, 0.15) is 46.1 Å². The van der Waals surface area contributed by atoms with Crippen LogP contribution in [-0.4, -0.2) is 47.0 Å². The van der Waals surface area contributed by atoms with Gasteiger partial charge in [-0.25, -0.2) is 0 Å². The van der Waals surface area contributed by atoms with E-state index in [2.05, 4.69) is 16.4 Å². The number of carbonyl (C=O) groups is 2. The highest BCUT2D eigenvalue weighted by Gasteiger charge is 2.48. The average molecular weight is 401 g/mol. The first-order valence-electron chi connectivity index (χ1n) is 10.6. The van der Waals surface area contributed by atoms with Gasteiger partial charge in [-0.1, -0.05) is 36.4 Å². The quantitative estimate of drug-likeness (QED) is 0.709. The molecular weight excluding hydrogens is 378 g/mol. The van der Waals surface area contributed by atoms with E-state index in [0.29, 0.717) is 18.5 Å². The minimum Gasteiger partial charge on any atom is -0.376 e. The van der Waals surface area contributed by atoms with E-state index >= 15 is 0 Å². The zero-order valence-corrected chi connectivity index (χ0v) is 16.6. The zero-order chi connectivity index (χ0) is 20.2. The second-order valence-corrected chi connectivity index (χ2v) is 8.37. The lowest BCUT2D eigenvalue weighted by atomic mass is 9.90. The Kier molecular flexibility index (Phi) is 3.96. The Morgan fingerprint density at radius 1 is 1.17 bits per heavy atom. The molecule has 2 amide bonds. The lowest BCUT2D eigenvalue weighted by Crippen LogP contribution is -2.53. The van der Waals surface area contributed by atoms with Gasteiger partial charge >= 0.3 is 0 Å². The molecule has 30 heavy (non-hydrogen) atoms. The number of hydrogen-bond acceptors (Lipinski definition) is 3. The summed E-state index contributed by atoms with van der Waals surface area (Å²) < 4.78 is 5.65. The molecule has 0 bridgehead atoms. The molecule has 6 rings (SSSR count). The van der Waals surface area contributed by atoms with E-state index in [4.69, 9.17) is 4.74 Å². The Morgan fingerprint density at radius 3 is 2.87 bits per heavy atom. The van der Waals surface area contributed by atoms with Gasteiger partial charge in [0.25, 0.3) is 5.91 Å². The van der Waals surface area contributed by atoms with E-state index in [1.807, 2.05) is 42.5 Å². The zero-order valence-electron chi connectivity index (χ0n) is 16.6. The van der Waals surface area contributed by atoms with Gasteiger partial charge in [0.15, 0.2) is 0 Å². The van der Waals surface area contributed by atoms with Gasteiger partial charge in [0, 0.05) is 41.7 Å². The molecule has 3 atom stereocenters. The van der Waals surface area contributed by atoms with Crippen LogP contribution in [0.5, 0.6) is 0 Å². The molecule has 1 saturated heterocycles. The van der Waals surface area contributed by atoms with Gasteiger partial charge < -0.3 is 19.9 Å². The monoisotopic (exact) mass is 401 g/mol. The molecule has 1 fully saturated rings. The first kappa shape index (κ1) is 17.7. The second-order valence-electron chi connectivity index (χ2n) is 8.37. The fourth-order valence-corrected chi connectivity index (χ4v) is 5.27. The maximum atomic E-state index is 13.3. The molecule has 0 radical (unpaired) electrons. The van der Waals surface area contributed by atoms with Gasteiger partial charge in [0.05, 0.1) is 12.1 Å². The number of aromatic amines is 1. The van der Waals surface area contributed by atoms with Crippen molar-refractivity contribution in [3.05, 3.63) is 70.9 Å². The van der Waals surface area contributed by atoms with Gasteiger partial charge in [-0.2, -0.15) is 0 Å². The molecule has 6 nitrogen and oxygen atoms in total. The number of amides is 2. The van der Waals surface area contributed by atoms with Gasteiger partial charge in [0.1, 0.15) is 6.04 Å². The molecule has 2 N–H and O–H groups in total. The van der Waals surface area contributed by atoms with Gasteiger partial charge in [-0.05, 0) is 36.1 Å². The molecule has 4 heterocycles. The third-order valence-corrected chi connectivity index (χ3v) is 6.68. The summed E-state index contributed by atoms with van der Waals surface area (Å²) in [4.78, 5) is 31.9. The molecule has 2 unspecified atom stereocenters. The number of para-hydroxylation sites is 1. The van der Waals surface area contributed by atoms with E-state index in [1.54, 1.807) is 4.90 Å². The summed E-state index contributed by atoms with van der Waals surface area (Å²) in [7, 11) is 0. The molecule has 0 saturated carbocycles. The Labute approximate surface area is 174 Å². The van der Waals surface area contributed by atoms with E-state index in [-0.39, 0.29) is 24.0 Å². The van der Waals surface area contributed by atoms with Crippen LogP contribution in [0.15, 0.2) is 48.5 Å². The predicted octanol–water partition coefficient (Wildman–Crippen LogP) is 2.93. The molecule has 0 aliphatic carbocycles. The molecule has 0 spiro atoms. The number of H-pyrrole nitrogens is 1. The van der Waals surface area contributed by atoms with Crippen molar-refractivity contribution < 1.29 is 14.3 Å². The highest BCUT2D eigenvalue weighted by atomic mass is 16.5. The van der Waals surface area contributed by atoms with Crippen LogP contribution in [-0.2, 0) is 16.0 Å². The van der Waals surface area contributed by atoms with Crippen LogP contribution in [0.25, 0.3) is 10.9 Å². The highest BCUT2D eigenvalue weighted by Crippen LogP contribution is 2.46. The Morgan fingerprint density at radius 2 is 2.00 bits per heavy atom. The molecular formula is C24H23N3O3. The number of carbonyl (C=O) groups excluding carboxylic acids is 2. The third-order valence-electron chi connectivity index (χ3n) is 6.68. The molecule has 152 valence electrons. The molecule has 3 aliphatic heterocycles. The molecule has 3 aromatic rings. The van der Waals surface area contributed by atoms with Crippen LogP contribution in [0, 0.1) is 0 Å².